The maximum Gasteiger partial charge on any atom is 0.122 e. The van der Waals surface area contributed by atoms with Crippen molar-refractivity contribution in [3.05, 3.63) is 29.8 Å². The molecular formula is C15H23NO2. The largest absolute Gasteiger partial charge is 0.491 e. The summed E-state index contributed by atoms with van der Waals surface area (Å²) in [5.74, 6) is 1.41. The van der Waals surface area contributed by atoms with E-state index in [1.165, 1.54) is 24.8 Å². The minimum atomic E-state index is 0.269. The van der Waals surface area contributed by atoms with Crippen molar-refractivity contribution in [3.8, 4) is 5.75 Å². The van der Waals surface area contributed by atoms with Crippen LogP contribution in [0.25, 0.3) is 0 Å². The van der Waals surface area contributed by atoms with Crippen LogP contribution in [0.3, 0.4) is 0 Å². The second kappa shape index (κ2) is 6.76. The van der Waals surface area contributed by atoms with E-state index in [0.29, 0.717) is 19.1 Å². The summed E-state index contributed by atoms with van der Waals surface area (Å²) in [5.41, 5.74) is 7.52. The van der Waals surface area contributed by atoms with Crippen molar-refractivity contribution >= 4 is 0 Å². The molecule has 2 unspecified atom stereocenters. The number of benzene rings is 1. The van der Waals surface area contributed by atoms with Crippen LogP contribution in [0.2, 0.25) is 0 Å². The molecule has 1 fully saturated rings. The molecule has 2 rings (SSSR count). The fourth-order valence-corrected chi connectivity index (χ4v) is 2.70. The van der Waals surface area contributed by atoms with E-state index in [1.54, 1.807) is 7.11 Å². The van der Waals surface area contributed by atoms with E-state index in [1.807, 2.05) is 12.1 Å². The zero-order valence-corrected chi connectivity index (χ0v) is 11.1. The first-order valence-corrected chi connectivity index (χ1v) is 6.79. The van der Waals surface area contributed by atoms with Gasteiger partial charge in [0.15, 0.2) is 0 Å². The average Bonchev–Trinajstić information content (AvgIpc) is 2.40. The summed E-state index contributed by atoms with van der Waals surface area (Å²) in [4.78, 5) is 0. The molecule has 2 N–H and O–H groups in total. The number of hydrogen-bond acceptors (Lipinski definition) is 3. The van der Waals surface area contributed by atoms with Crippen molar-refractivity contribution in [2.75, 3.05) is 20.3 Å². The van der Waals surface area contributed by atoms with Gasteiger partial charge in [0.2, 0.25) is 0 Å². The minimum Gasteiger partial charge on any atom is -0.491 e. The molecule has 3 nitrogen and oxygen atoms in total. The van der Waals surface area contributed by atoms with Gasteiger partial charge >= 0.3 is 0 Å². The van der Waals surface area contributed by atoms with Gasteiger partial charge in [0, 0.05) is 19.1 Å². The molecule has 1 aliphatic rings. The number of hydrogen-bond donors (Lipinski definition) is 1. The van der Waals surface area contributed by atoms with Crippen LogP contribution in [0.5, 0.6) is 5.75 Å². The predicted molar refractivity (Wildman–Crippen MR) is 73.0 cm³/mol. The lowest BCUT2D eigenvalue weighted by atomic mass is 9.80. The van der Waals surface area contributed by atoms with E-state index in [9.17, 15) is 0 Å². The van der Waals surface area contributed by atoms with E-state index in [2.05, 4.69) is 12.1 Å². The molecule has 0 bridgehead atoms. The van der Waals surface area contributed by atoms with Crippen LogP contribution in [0, 0.1) is 0 Å². The van der Waals surface area contributed by atoms with E-state index in [0.717, 1.165) is 12.2 Å². The van der Waals surface area contributed by atoms with Crippen molar-refractivity contribution < 1.29 is 9.47 Å². The molecule has 0 saturated heterocycles. The van der Waals surface area contributed by atoms with Crippen molar-refractivity contribution in [2.45, 2.75) is 37.6 Å². The van der Waals surface area contributed by atoms with Crippen molar-refractivity contribution in [1.29, 1.82) is 0 Å². The molecule has 0 radical (unpaired) electrons. The number of ether oxygens (including phenoxy) is 2. The molecule has 3 heteroatoms. The van der Waals surface area contributed by atoms with Gasteiger partial charge in [-0.05, 0) is 24.5 Å². The summed E-state index contributed by atoms with van der Waals surface area (Å²) in [5, 5.41) is 0. The summed E-state index contributed by atoms with van der Waals surface area (Å²) in [6, 6.07) is 8.54. The number of methoxy groups -OCH3 is 1. The molecular weight excluding hydrogens is 226 g/mol. The topological polar surface area (TPSA) is 44.5 Å². The van der Waals surface area contributed by atoms with Crippen LogP contribution >= 0.6 is 0 Å². The van der Waals surface area contributed by atoms with E-state index >= 15 is 0 Å². The Morgan fingerprint density at radius 2 is 1.94 bits per heavy atom. The highest BCUT2D eigenvalue weighted by atomic mass is 16.5. The Balaban J connectivity index is 2.10. The van der Waals surface area contributed by atoms with Crippen LogP contribution in [-0.4, -0.2) is 26.4 Å². The van der Waals surface area contributed by atoms with Gasteiger partial charge in [0.25, 0.3) is 0 Å². The van der Waals surface area contributed by atoms with Gasteiger partial charge in [0.1, 0.15) is 12.4 Å². The Labute approximate surface area is 109 Å². The molecule has 1 aliphatic carbocycles. The van der Waals surface area contributed by atoms with Crippen LogP contribution in [0.15, 0.2) is 24.3 Å². The highest BCUT2D eigenvalue weighted by Crippen LogP contribution is 2.36. The van der Waals surface area contributed by atoms with E-state index in [-0.39, 0.29) is 6.04 Å². The Bertz CT molecular complexity index is 367. The molecule has 0 spiro atoms. The van der Waals surface area contributed by atoms with Gasteiger partial charge in [-0.15, -0.1) is 0 Å². The molecule has 0 aromatic heterocycles. The minimum absolute atomic E-state index is 0.269. The Kier molecular flexibility index (Phi) is 5.02. The maximum absolute atomic E-state index is 6.25. The molecule has 100 valence electrons. The molecule has 2 atom stereocenters. The third-order valence-corrected chi connectivity index (χ3v) is 3.68. The molecule has 0 heterocycles. The van der Waals surface area contributed by atoms with E-state index in [4.69, 9.17) is 15.2 Å². The first-order chi connectivity index (χ1) is 8.83. The van der Waals surface area contributed by atoms with Crippen LogP contribution in [0.4, 0.5) is 0 Å². The molecule has 18 heavy (non-hydrogen) atoms. The number of rotatable bonds is 5. The summed E-state index contributed by atoms with van der Waals surface area (Å²) in [7, 11) is 1.69. The van der Waals surface area contributed by atoms with Gasteiger partial charge < -0.3 is 15.2 Å². The Morgan fingerprint density at radius 1 is 1.17 bits per heavy atom. The molecule has 0 aliphatic heterocycles. The summed E-state index contributed by atoms with van der Waals surface area (Å²) >= 11 is 0. The fourth-order valence-electron chi connectivity index (χ4n) is 2.70. The summed E-state index contributed by atoms with van der Waals surface area (Å²) < 4.78 is 10.8. The second-order valence-electron chi connectivity index (χ2n) is 4.93. The standard InChI is InChI=1S/C15H23NO2/c1-17-10-11-18-15-9-5-3-7-13(15)12-6-2-4-8-14(12)16/h3,5,7,9,12,14H,2,4,6,8,10-11,16H2,1H3. The quantitative estimate of drug-likeness (QED) is 0.816. The van der Waals surface area contributed by atoms with E-state index < -0.39 is 0 Å². The highest BCUT2D eigenvalue weighted by molar-refractivity contribution is 5.37. The first kappa shape index (κ1) is 13.4. The predicted octanol–water partition coefficient (Wildman–Crippen LogP) is 2.70. The molecule has 1 saturated carbocycles. The highest BCUT2D eigenvalue weighted by Gasteiger charge is 2.25. The zero-order valence-electron chi connectivity index (χ0n) is 11.1. The molecule has 0 amide bonds. The maximum atomic E-state index is 6.25. The number of para-hydroxylation sites is 1. The van der Waals surface area contributed by atoms with Crippen molar-refractivity contribution in [2.24, 2.45) is 5.73 Å². The first-order valence-electron chi connectivity index (χ1n) is 6.79. The second-order valence-corrected chi connectivity index (χ2v) is 4.93. The number of nitrogens with two attached hydrogens (primary N) is 1. The van der Waals surface area contributed by atoms with Crippen LogP contribution < -0.4 is 10.5 Å². The van der Waals surface area contributed by atoms with Crippen LogP contribution in [-0.2, 0) is 4.74 Å². The third-order valence-electron chi connectivity index (χ3n) is 3.68. The molecule has 1 aromatic carbocycles. The SMILES string of the molecule is COCCOc1ccccc1C1CCCCC1N. The van der Waals surface area contributed by atoms with Gasteiger partial charge in [-0.3, -0.25) is 0 Å². The summed E-state index contributed by atoms with van der Waals surface area (Å²) in [6.07, 6.45) is 4.82. The van der Waals surface area contributed by atoms with Gasteiger partial charge in [0.05, 0.1) is 6.61 Å². The van der Waals surface area contributed by atoms with Gasteiger partial charge in [-0.2, -0.15) is 0 Å². The monoisotopic (exact) mass is 249 g/mol. The zero-order chi connectivity index (χ0) is 12.8. The lowest BCUT2D eigenvalue weighted by Gasteiger charge is -2.30. The Hall–Kier alpha value is -1.06. The lowest BCUT2D eigenvalue weighted by molar-refractivity contribution is 0.145. The molecule has 1 aromatic rings. The normalized spacial score (nSPS) is 23.9. The Morgan fingerprint density at radius 3 is 2.72 bits per heavy atom. The lowest BCUT2D eigenvalue weighted by Crippen LogP contribution is -2.31. The smallest absolute Gasteiger partial charge is 0.122 e. The van der Waals surface area contributed by atoms with Crippen molar-refractivity contribution in [3.63, 3.8) is 0 Å². The average molecular weight is 249 g/mol. The van der Waals surface area contributed by atoms with Crippen LogP contribution in [0.1, 0.15) is 37.2 Å². The third kappa shape index (κ3) is 3.24. The summed E-state index contributed by atoms with van der Waals surface area (Å²) in [6.45, 7) is 1.21. The van der Waals surface area contributed by atoms with Crippen molar-refractivity contribution in [1.82, 2.24) is 0 Å². The van der Waals surface area contributed by atoms with Gasteiger partial charge in [-0.1, -0.05) is 31.0 Å². The fraction of sp³-hybridized carbons (Fsp3) is 0.600. The van der Waals surface area contributed by atoms with Gasteiger partial charge in [-0.25, -0.2) is 0 Å².